The molecule has 0 aliphatic rings. The first-order valence-corrected chi connectivity index (χ1v) is 6.65. The highest BCUT2D eigenvalue weighted by Gasteiger charge is 2.16. The molecule has 15 heavy (non-hydrogen) atoms. The molecule has 0 atom stereocenters. The summed E-state index contributed by atoms with van der Waals surface area (Å²) in [6.07, 6.45) is 2.67. The van der Waals surface area contributed by atoms with Crippen molar-refractivity contribution in [2.24, 2.45) is 23.7 Å². The maximum absolute atomic E-state index is 3.60. The zero-order chi connectivity index (χ0) is 11.8. The van der Waals surface area contributed by atoms with Crippen LogP contribution < -0.4 is 5.32 Å². The molecule has 0 fully saturated rings. The zero-order valence-electron chi connectivity index (χ0n) is 11.6. The van der Waals surface area contributed by atoms with Crippen LogP contribution in [0.2, 0.25) is 0 Å². The fourth-order valence-electron chi connectivity index (χ4n) is 2.15. The molecule has 0 aromatic carbocycles. The van der Waals surface area contributed by atoms with Crippen molar-refractivity contribution in [3.8, 4) is 0 Å². The second-order valence-corrected chi connectivity index (χ2v) is 5.89. The molecule has 0 amide bonds. The van der Waals surface area contributed by atoms with E-state index in [0.29, 0.717) is 0 Å². The summed E-state index contributed by atoms with van der Waals surface area (Å²) < 4.78 is 0. The summed E-state index contributed by atoms with van der Waals surface area (Å²) in [7, 11) is 0. The summed E-state index contributed by atoms with van der Waals surface area (Å²) in [5.74, 6) is 3.26. The molecule has 0 spiro atoms. The lowest BCUT2D eigenvalue weighted by Crippen LogP contribution is -2.30. The van der Waals surface area contributed by atoms with Gasteiger partial charge in [0.15, 0.2) is 0 Å². The van der Waals surface area contributed by atoms with Gasteiger partial charge in [-0.1, -0.05) is 41.5 Å². The maximum atomic E-state index is 3.60. The number of rotatable bonds is 8. The molecule has 0 aromatic heterocycles. The minimum absolute atomic E-state index is 0.794. The third-order valence-electron chi connectivity index (χ3n) is 3.23. The van der Waals surface area contributed by atoms with E-state index in [-0.39, 0.29) is 0 Å². The van der Waals surface area contributed by atoms with E-state index < -0.39 is 0 Å². The molecular weight excluding hydrogens is 182 g/mol. The fourth-order valence-corrected chi connectivity index (χ4v) is 2.15. The Morgan fingerprint density at radius 3 is 1.80 bits per heavy atom. The highest BCUT2D eigenvalue weighted by Crippen LogP contribution is 2.19. The summed E-state index contributed by atoms with van der Waals surface area (Å²) in [4.78, 5) is 0. The predicted octanol–water partition coefficient (Wildman–Crippen LogP) is 3.94. The molecule has 1 N–H and O–H groups in total. The highest BCUT2D eigenvalue weighted by molar-refractivity contribution is 4.69. The molecule has 0 aromatic rings. The van der Waals surface area contributed by atoms with E-state index in [1.807, 2.05) is 0 Å². The van der Waals surface area contributed by atoms with Gasteiger partial charge in [-0.2, -0.15) is 0 Å². The van der Waals surface area contributed by atoms with Gasteiger partial charge in [-0.25, -0.2) is 0 Å². The van der Waals surface area contributed by atoms with Crippen LogP contribution in [-0.2, 0) is 0 Å². The Kier molecular flexibility index (Phi) is 8.13. The maximum Gasteiger partial charge on any atom is -0.00156 e. The van der Waals surface area contributed by atoms with Crippen LogP contribution in [0.25, 0.3) is 0 Å². The van der Waals surface area contributed by atoms with E-state index in [1.54, 1.807) is 0 Å². The van der Waals surface area contributed by atoms with E-state index in [0.717, 1.165) is 23.7 Å². The molecule has 0 rings (SSSR count). The van der Waals surface area contributed by atoms with Crippen LogP contribution >= 0.6 is 0 Å². The van der Waals surface area contributed by atoms with Crippen LogP contribution in [0.4, 0.5) is 0 Å². The van der Waals surface area contributed by atoms with Gasteiger partial charge in [0, 0.05) is 0 Å². The molecule has 0 saturated heterocycles. The molecule has 0 aliphatic heterocycles. The number of hydrogen-bond acceptors (Lipinski definition) is 1. The van der Waals surface area contributed by atoms with Crippen LogP contribution in [0.5, 0.6) is 0 Å². The summed E-state index contributed by atoms with van der Waals surface area (Å²) >= 11 is 0. The van der Waals surface area contributed by atoms with Gasteiger partial charge in [-0.15, -0.1) is 0 Å². The van der Waals surface area contributed by atoms with Crippen molar-refractivity contribution < 1.29 is 0 Å². The summed E-state index contributed by atoms with van der Waals surface area (Å²) in [5.41, 5.74) is 0. The van der Waals surface area contributed by atoms with Gasteiger partial charge in [0.2, 0.25) is 0 Å². The smallest absolute Gasteiger partial charge is 0.00156 e. The molecular formula is C14H31N. The molecule has 0 saturated carbocycles. The average Bonchev–Trinajstić information content (AvgIpc) is 2.08. The molecule has 1 nitrogen and oxygen atoms in total. The van der Waals surface area contributed by atoms with Crippen molar-refractivity contribution >= 4 is 0 Å². The van der Waals surface area contributed by atoms with Crippen molar-refractivity contribution in [3.05, 3.63) is 0 Å². The fraction of sp³-hybridized carbons (Fsp3) is 1.00. The van der Waals surface area contributed by atoms with Crippen molar-refractivity contribution in [2.45, 2.75) is 54.4 Å². The van der Waals surface area contributed by atoms with E-state index in [2.05, 4.69) is 46.9 Å². The molecule has 92 valence electrons. The van der Waals surface area contributed by atoms with Crippen LogP contribution in [0.1, 0.15) is 54.4 Å². The highest BCUT2D eigenvalue weighted by atomic mass is 14.9. The normalized spacial score (nSPS) is 12.4. The summed E-state index contributed by atoms with van der Waals surface area (Å²) in [6.45, 7) is 16.3. The molecule has 0 unspecified atom stereocenters. The van der Waals surface area contributed by atoms with E-state index >= 15 is 0 Å². The quantitative estimate of drug-likeness (QED) is 0.602. The lowest BCUT2D eigenvalue weighted by atomic mass is 9.85. The number of nitrogens with one attached hydrogen (secondary N) is 1. The average molecular weight is 213 g/mol. The van der Waals surface area contributed by atoms with Crippen LogP contribution in [-0.4, -0.2) is 13.1 Å². The zero-order valence-corrected chi connectivity index (χ0v) is 11.6. The first kappa shape index (κ1) is 15.0. The topological polar surface area (TPSA) is 12.0 Å². The minimum Gasteiger partial charge on any atom is -0.316 e. The third kappa shape index (κ3) is 7.84. The van der Waals surface area contributed by atoms with Gasteiger partial charge >= 0.3 is 0 Å². The van der Waals surface area contributed by atoms with Gasteiger partial charge in [-0.05, 0) is 49.6 Å². The van der Waals surface area contributed by atoms with Crippen molar-refractivity contribution in [3.63, 3.8) is 0 Å². The first-order chi connectivity index (χ1) is 6.95. The Hall–Kier alpha value is -0.0400. The van der Waals surface area contributed by atoms with E-state index in [1.165, 1.54) is 25.9 Å². The second-order valence-electron chi connectivity index (χ2n) is 5.89. The Balaban J connectivity index is 3.55. The molecule has 0 radical (unpaired) electrons. The molecule has 0 bridgehead atoms. The Bertz CT molecular complexity index is 130. The standard InChI is InChI=1S/C14H31N/c1-11(2)8-7-9-15-10-14(12(3)4)13(5)6/h11-15H,7-10H2,1-6H3. The summed E-state index contributed by atoms with van der Waals surface area (Å²) in [6, 6.07) is 0. The van der Waals surface area contributed by atoms with Gasteiger partial charge in [-0.3, -0.25) is 0 Å². The number of hydrogen-bond donors (Lipinski definition) is 1. The van der Waals surface area contributed by atoms with Crippen molar-refractivity contribution in [2.75, 3.05) is 13.1 Å². The molecule has 1 heteroatoms. The van der Waals surface area contributed by atoms with Crippen molar-refractivity contribution in [1.29, 1.82) is 0 Å². The lowest BCUT2D eigenvalue weighted by molar-refractivity contribution is 0.275. The Morgan fingerprint density at radius 2 is 1.40 bits per heavy atom. The Labute approximate surface area is 97.0 Å². The van der Waals surface area contributed by atoms with Gasteiger partial charge < -0.3 is 5.32 Å². The second kappa shape index (κ2) is 8.15. The van der Waals surface area contributed by atoms with Crippen LogP contribution in [0.3, 0.4) is 0 Å². The van der Waals surface area contributed by atoms with Gasteiger partial charge in [0.25, 0.3) is 0 Å². The van der Waals surface area contributed by atoms with E-state index in [9.17, 15) is 0 Å². The molecule has 0 heterocycles. The first-order valence-electron chi connectivity index (χ1n) is 6.65. The van der Waals surface area contributed by atoms with Crippen molar-refractivity contribution in [1.82, 2.24) is 5.32 Å². The van der Waals surface area contributed by atoms with Gasteiger partial charge in [0.05, 0.1) is 0 Å². The Morgan fingerprint density at radius 1 is 0.867 bits per heavy atom. The monoisotopic (exact) mass is 213 g/mol. The third-order valence-corrected chi connectivity index (χ3v) is 3.23. The molecule has 0 aliphatic carbocycles. The summed E-state index contributed by atoms with van der Waals surface area (Å²) in [5, 5.41) is 3.60. The van der Waals surface area contributed by atoms with Crippen LogP contribution in [0, 0.1) is 23.7 Å². The largest absolute Gasteiger partial charge is 0.316 e. The lowest BCUT2D eigenvalue weighted by Gasteiger charge is -2.25. The van der Waals surface area contributed by atoms with Crippen LogP contribution in [0.15, 0.2) is 0 Å². The van der Waals surface area contributed by atoms with Gasteiger partial charge in [0.1, 0.15) is 0 Å². The SMILES string of the molecule is CC(C)CCCNCC(C(C)C)C(C)C. The minimum atomic E-state index is 0.794. The predicted molar refractivity (Wildman–Crippen MR) is 70.1 cm³/mol. The van der Waals surface area contributed by atoms with E-state index in [4.69, 9.17) is 0 Å².